The van der Waals surface area contributed by atoms with Crippen LogP contribution in [0.15, 0.2) is 18.2 Å². The average Bonchev–Trinajstić information content (AvgIpc) is 2.89. The van der Waals surface area contributed by atoms with E-state index in [-0.39, 0.29) is 6.04 Å². The zero-order chi connectivity index (χ0) is 15.0. The first-order valence-corrected chi connectivity index (χ1v) is 7.86. The largest absolute Gasteiger partial charge is 0.480 e. The number of aliphatic carboxylic acids is 1. The van der Waals surface area contributed by atoms with E-state index in [1.54, 1.807) is 6.92 Å². The molecule has 0 saturated carbocycles. The Balaban J connectivity index is 1.67. The molecule has 0 bridgehead atoms. The second-order valence-electron chi connectivity index (χ2n) is 6.34. The van der Waals surface area contributed by atoms with Crippen LogP contribution in [0.5, 0.6) is 0 Å². The van der Waals surface area contributed by atoms with Gasteiger partial charge in [0.25, 0.3) is 0 Å². The molecule has 1 aromatic rings. The van der Waals surface area contributed by atoms with E-state index < -0.39 is 5.97 Å². The predicted octanol–water partition coefficient (Wildman–Crippen LogP) is 2.07. The van der Waals surface area contributed by atoms with E-state index >= 15 is 0 Å². The quantitative estimate of drug-likeness (QED) is 0.925. The third-order valence-corrected chi connectivity index (χ3v) is 5.04. The minimum Gasteiger partial charge on any atom is -0.480 e. The number of hydrogen-bond donors (Lipinski definition) is 1. The zero-order valence-corrected chi connectivity index (χ0v) is 12.9. The van der Waals surface area contributed by atoms with E-state index in [1.807, 2.05) is 0 Å². The van der Waals surface area contributed by atoms with Crippen molar-refractivity contribution in [2.75, 3.05) is 26.2 Å². The molecule has 0 aromatic heterocycles. The Hall–Kier alpha value is -1.39. The highest BCUT2D eigenvalue weighted by atomic mass is 16.4. The first-order chi connectivity index (χ1) is 10.1. The molecule has 4 heteroatoms. The standard InChI is InChI=1S/C17H24N2O2/c1-12-3-4-14-5-6-16(15(14)11-12)19-9-7-18(8-10-19)13(2)17(20)21/h3-4,11,13,16H,5-10H2,1-2H3,(H,20,21). The van der Waals surface area contributed by atoms with E-state index in [0.717, 1.165) is 26.2 Å². The summed E-state index contributed by atoms with van der Waals surface area (Å²) in [6.45, 7) is 7.58. The summed E-state index contributed by atoms with van der Waals surface area (Å²) >= 11 is 0. The van der Waals surface area contributed by atoms with Crippen molar-refractivity contribution in [3.05, 3.63) is 34.9 Å². The van der Waals surface area contributed by atoms with Gasteiger partial charge >= 0.3 is 5.97 Å². The third-order valence-electron chi connectivity index (χ3n) is 5.04. The summed E-state index contributed by atoms with van der Waals surface area (Å²) in [6, 6.07) is 6.97. The molecule has 2 unspecified atom stereocenters. The van der Waals surface area contributed by atoms with Gasteiger partial charge in [-0.15, -0.1) is 0 Å². The lowest BCUT2D eigenvalue weighted by atomic mass is 10.0. The maximum atomic E-state index is 11.1. The van der Waals surface area contributed by atoms with Crippen LogP contribution in [-0.2, 0) is 11.2 Å². The van der Waals surface area contributed by atoms with Crippen molar-refractivity contribution in [3.8, 4) is 0 Å². The lowest BCUT2D eigenvalue weighted by molar-refractivity contribution is -0.143. The average molecular weight is 288 g/mol. The monoisotopic (exact) mass is 288 g/mol. The minimum absolute atomic E-state index is 0.370. The van der Waals surface area contributed by atoms with Crippen molar-refractivity contribution in [2.24, 2.45) is 0 Å². The molecule has 1 saturated heterocycles. The van der Waals surface area contributed by atoms with Crippen molar-refractivity contribution in [2.45, 2.75) is 38.8 Å². The molecule has 1 aromatic carbocycles. The molecule has 3 rings (SSSR count). The van der Waals surface area contributed by atoms with E-state index in [9.17, 15) is 4.79 Å². The van der Waals surface area contributed by atoms with Crippen molar-refractivity contribution >= 4 is 5.97 Å². The van der Waals surface area contributed by atoms with Crippen LogP contribution in [0, 0.1) is 6.92 Å². The van der Waals surface area contributed by atoms with Gasteiger partial charge in [0, 0.05) is 32.2 Å². The number of hydrogen-bond acceptors (Lipinski definition) is 3. The van der Waals surface area contributed by atoms with Gasteiger partial charge in [0.15, 0.2) is 0 Å². The highest BCUT2D eigenvalue weighted by molar-refractivity contribution is 5.72. The molecule has 1 N–H and O–H groups in total. The Morgan fingerprint density at radius 1 is 1.29 bits per heavy atom. The molecule has 4 nitrogen and oxygen atoms in total. The van der Waals surface area contributed by atoms with E-state index in [2.05, 4.69) is 34.9 Å². The molecule has 1 aliphatic heterocycles. The summed E-state index contributed by atoms with van der Waals surface area (Å²) in [4.78, 5) is 15.7. The summed E-state index contributed by atoms with van der Waals surface area (Å²) in [6.07, 6.45) is 2.37. The van der Waals surface area contributed by atoms with E-state index in [1.165, 1.54) is 29.5 Å². The number of benzene rings is 1. The summed E-state index contributed by atoms with van der Waals surface area (Å²) in [5, 5.41) is 9.12. The molecule has 1 aliphatic carbocycles. The number of carbonyl (C=O) groups is 1. The minimum atomic E-state index is -0.717. The second-order valence-corrected chi connectivity index (χ2v) is 6.34. The molecule has 2 aliphatic rings. The Labute approximate surface area is 126 Å². The molecular formula is C17H24N2O2. The number of nitrogens with zero attached hydrogens (tertiary/aromatic N) is 2. The number of piperazine rings is 1. The first kappa shape index (κ1) is 14.5. The van der Waals surface area contributed by atoms with Gasteiger partial charge in [0.05, 0.1) is 0 Å². The smallest absolute Gasteiger partial charge is 0.320 e. The molecular weight excluding hydrogens is 264 g/mol. The SMILES string of the molecule is Cc1ccc2c(c1)C(N1CCN(C(C)C(=O)O)CC1)CC2. The molecule has 0 amide bonds. The Bertz CT molecular complexity index is 536. The van der Waals surface area contributed by atoms with Crippen molar-refractivity contribution < 1.29 is 9.90 Å². The molecule has 1 fully saturated rings. The van der Waals surface area contributed by atoms with Gasteiger partial charge in [-0.2, -0.15) is 0 Å². The van der Waals surface area contributed by atoms with Crippen molar-refractivity contribution in [1.29, 1.82) is 0 Å². The van der Waals surface area contributed by atoms with Crippen molar-refractivity contribution in [1.82, 2.24) is 9.80 Å². The maximum absolute atomic E-state index is 11.1. The highest BCUT2D eigenvalue weighted by Crippen LogP contribution is 2.36. The van der Waals surface area contributed by atoms with Crippen LogP contribution in [0.4, 0.5) is 0 Å². The number of rotatable bonds is 3. The van der Waals surface area contributed by atoms with Gasteiger partial charge in [0.2, 0.25) is 0 Å². The topological polar surface area (TPSA) is 43.8 Å². The molecule has 114 valence electrons. The fourth-order valence-electron chi connectivity index (χ4n) is 3.67. The lowest BCUT2D eigenvalue weighted by Gasteiger charge is -2.39. The normalized spacial score (nSPS) is 24.8. The van der Waals surface area contributed by atoms with Gasteiger partial charge < -0.3 is 5.11 Å². The Kier molecular flexibility index (Phi) is 4.00. The molecule has 2 atom stereocenters. The molecule has 1 heterocycles. The Morgan fingerprint density at radius 3 is 2.67 bits per heavy atom. The van der Waals surface area contributed by atoms with Crippen LogP contribution in [0.1, 0.15) is 36.1 Å². The van der Waals surface area contributed by atoms with Gasteiger partial charge in [-0.05, 0) is 37.8 Å². The lowest BCUT2D eigenvalue weighted by Crippen LogP contribution is -2.52. The first-order valence-electron chi connectivity index (χ1n) is 7.86. The molecule has 21 heavy (non-hydrogen) atoms. The van der Waals surface area contributed by atoms with Crippen LogP contribution < -0.4 is 0 Å². The van der Waals surface area contributed by atoms with Gasteiger partial charge in [-0.1, -0.05) is 23.8 Å². The number of aryl methyl sites for hydroxylation is 2. The fraction of sp³-hybridized carbons (Fsp3) is 0.588. The maximum Gasteiger partial charge on any atom is 0.320 e. The van der Waals surface area contributed by atoms with Crippen LogP contribution in [0.2, 0.25) is 0 Å². The summed E-state index contributed by atoms with van der Waals surface area (Å²) < 4.78 is 0. The zero-order valence-electron chi connectivity index (χ0n) is 12.9. The van der Waals surface area contributed by atoms with Crippen LogP contribution in [0.25, 0.3) is 0 Å². The second kappa shape index (κ2) is 5.78. The van der Waals surface area contributed by atoms with Crippen LogP contribution >= 0.6 is 0 Å². The number of carboxylic acid groups (broad SMARTS) is 1. The van der Waals surface area contributed by atoms with Crippen molar-refractivity contribution in [3.63, 3.8) is 0 Å². The van der Waals surface area contributed by atoms with E-state index in [4.69, 9.17) is 5.11 Å². The highest BCUT2D eigenvalue weighted by Gasteiger charge is 2.32. The summed E-state index contributed by atoms with van der Waals surface area (Å²) in [5.41, 5.74) is 4.32. The summed E-state index contributed by atoms with van der Waals surface area (Å²) in [7, 11) is 0. The van der Waals surface area contributed by atoms with Crippen LogP contribution in [-0.4, -0.2) is 53.1 Å². The summed E-state index contributed by atoms with van der Waals surface area (Å²) in [5.74, 6) is -0.717. The Morgan fingerprint density at radius 2 is 2.00 bits per heavy atom. The van der Waals surface area contributed by atoms with Crippen LogP contribution in [0.3, 0.4) is 0 Å². The van der Waals surface area contributed by atoms with Gasteiger partial charge in [0.1, 0.15) is 6.04 Å². The fourth-order valence-corrected chi connectivity index (χ4v) is 3.67. The van der Waals surface area contributed by atoms with Gasteiger partial charge in [-0.25, -0.2) is 0 Å². The predicted molar refractivity (Wildman–Crippen MR) is 82.5 cm³/mol. The van der Waals surface area contributed by atoms with E-state index in [0.29, 0.717) is 6.04 Å². The van der Waals surface area contributed by atoms with Gasteiger partial charge in [-0.3, -0.25) is 14.6 Å². The molecule has 0 spiro atoms. The molecule has 0 radical (unpaired) electrons. The third kappa shape index (κ3) is 2.83. The number of carboxylic acids is 1. The number of fused-ring (bicyclic) bond motifs is 1.